The number of carbonyl (C=O) groups is 1. The van der Waals surface area contributed by atoms with Gasteiger partial charge in [-0.1, -0.05) is 30.0 Å². The summed E-state index contributed by atoms with van der Waals surface area (Å²) in [6.07, 6.45) is 4.33. The number of amidine groups is 1. The predicted octanol–water partition coefficient (Wildman–Crippen LogP) is 4.68. The van der Waals surface area contributed by atoms with E-state index in [0.717, 1.165) is 34.7 Å². The summed E-state index contributed by atoms with van der Waals surface area (Å²) in [5, 5.41) is 0.704. The van der Waals surface area contributed by atoms with Crippen LogP contribution in [0.25, 0.3) is 6.08 Å². The molecule has 0 atom stereocenters. The van der Waals surface area contributed by atoms with E-state index < -0.39 is 0 Å². The molecule has 2 aromatic rings. The Morgan fingerprint density at radius 2 is 2.04 bits per heavy atom. The van der Waals surface area contributed by atoms with Gasteiger partial charge in [0.05, 0.1) is 14.2 Å². The van der Waals surface area contributed by atoms with Gasteiger partial charge < -0.3 is 9.47 Å². The lowest BCUT2D eigenvalue weighted by Gasteiger charge is -2.27. The summed E-state index contributed by atoms with van der Waals surface area (Å²) >= 11 is 1.59. The highest BCUT2D eigenvalue weighted by Gasteiger charge is 2.22. The van der Waals surface area contributed by atoms with Crippen molar-refractivity contribution in [1.82, 2.24) is 4.90 Å². The van der Waals surface area contributed by atoms with Crippen LogP contribution < -0.4 is 9.47 Å². The highest BCUT2D eigenvalue weighted by Crippen LogP contribution is 2.31. The Hall–Kier alpha value is -2.73. The lowest BCUT2D eigenvalue weighted by Crippen LogP contribution is -2.38. The lowest BCUT2D eigenvalue weighted by molar-refractivity contribution is -0.122. The summed E-state index contributed by atoms with van der Waals surface area (Å²) in [5.74, 6) is 2.32. The molecule has 28 heavy (non-hydrogen) atoms. The van der Waals surface area contributed by atoms with Gasteiger partial charge in [0.15, 0.2) is 5.17 Å². The van der Waals surface area contributed by atoms with Crippen molar-refractivity contribution in [2.75, 3.05) is 26.5 Å². The maximum Gasteiger partial charge on any atom is 0.252 e. The van der Waals surface area contributed by atoms with Crippen LogP contribution in [0.2, 0.25) is 0 Å². The first kappa shape index (κ1) is 20.0. The molecule has 1 aliphatic heterocycles. The number of hydrogen-bond acceptors (Lipinski definition) is 5. The van der Waals surface area contributed by atoms with Crippen LogP contribution in [0.15, 0.2) is 53.5 Å². The molecule has 0 spiro atoms. The summed E-state index contributed by atoms with van der Waals surface area (Å²) in [6.45, 7) is 2.66. The highest BCUT2D eigenvalue weighted by molar-refractivity contribution is 8.13. The third-order valence-electron chi connectivity index (χ3n) is 4.32. The number of aliphatic imine (C=N–C) groups is 1. The number of aryl methyl sites for hydroxylation is 1. The molecule has 0 unspecified atom stereocenters. The number of nitrogens with zero attached hydrogens (tertiary/aromatic N) is 2. The van der Waals surface area contributed by atoms with Crippen LogP contribution in [-0.2, 0) is 4.79 Å². The normalized spacial score (nSPS) is 15.8. The van der Waals surface area contributed by atoms with Crippen LogP contribution in [-0.4, -0.2) is 42.5 Å². The zero-order valence-electron chi connectivity index (χ0n) is 16.3. The maximum absolute atomic E-state index is 12.8. The molecule has 0 N–H and O–H groups in total. The molecule has 0 saturated carbocycles. The van der Waals surface area contributed by atoms with Crippen molar-refractivity contribution in [1.29, 1.82) is 0 Å². The third kappa shape index (κ3) is 4.95. The Labute approximate surface area is 170 Å². The number of amides is 1. The minimum Gasteiger partial charge on any atom is -0.497 e. The molecule has 2 aromatic carbocycles. The van der Waals surface area contributed by atoms with Gasteiger partial charge in [0.25, 0.3) is 5.91 Å². The topological polar surface area (TPSA) is 51.1 Å². The molecule has 1 heterocycles. The lowest BCUT2D eigenvalue weighted by atomic mass is 10.2. The molecule has 0 bridgehead atoms. The second-order valence-corrected chi connectivity index (χ2v) is 7.43. The van der Waals surface area contributed by atoms with Gasteiger partial charge in [0.2, 0.25) is 0 Å². The van der Waals surface area contributed by atoms with Gasteiger partial charge in [0.1, 0.15) is 17.2 Å². The molecule has 1 aliphatic rings. The molecule has 146 valence electrons. The average molecular weight is 397 g/mol. The monoisotopic (exact) mass is 396 g/mol. The summed E-state index contributed by atoms with van der Waals surface area (Å²) in [7, 11) is 3.25. The van der Waals surface area contributed by atoms with Crippen LogP contribution in [0.1, 0.15) is 17.5 Å². The van der Waals surface area contributed by atoms with Crippen LogP contribution in [0, 0.1) is 6.92 Å². The second-order valence-electron chi connectivity index (χ2n) is 6.37. The van der Waals surface area contributed by atoms with Gasteiger partial charge >= 0.3 is 0 Å². The van der Waals surface area contributed by atoms with E-state index in [2.05, 4.69) is 0 Å². The molecule has 3 rings (SSSR count). The van der Waals surface area contributed by atoms with Gasteiger partial charge in [-0.15, -0.1) is 0 Å². The Morgan fingerprint density at radius 3 is 2.82 bits per heavy atom. The van der Waals surface area contributed by atoms with Gasteiger partial charge in [-0.2, -0.15) is 0 Å². The largest absolute Gasteiger partial charge is 0.497 e. The van der Waals surface area contributed by atoms with E-state index in [-0.39, 0.29) is 5.91 Å². The third-order valence-corrected chi connectivity index (χ3v) is 5.38. The smallest absolute Gasteiger partial charge is 0.252 e. The van der Waals surface area contributed by atoms with Crippen LogP contribution in [0.4, 0.5) is 5.69 Å². The SMILES string of the molecule is COc1cccc(/C=C/C(=O)N2CCCSC2=Nc2cc(C)ccc2OC)c1. The molecule has 0 aromatic heterocycles. The van der Waals surface area contributed by atoms with E-state index in [1.54, 1.807) is 43.0 Å². The van der Waals surface area contributed by atoms with Crippen molar-refractivity contribution in [3.8, 4) is 11.5 Å². The van der Waals surface area contributed by atoms with Crippen molar-refractivity contribution in [2.24, 2.45) is 4.99 Å². The number of hydrogen-bond donors (Lipinski definition) is 0. The molecule has 0 radical (unpaired) electrons. The van der Waals surface area contributed by atoms with E-state index in [9.17, 15) is 4.79 Å². The van der Waals surface area contributed by atoms with Crippen LogP contribution in [0.5, 0.6) is 11.5 Å². The summed E-state index contributed by atoms with van der Waals surface area (Å²) < 4.78 is 10.6. The number of rotatable bonds is 5. The van der Waals surface area contributed by atoms with Crippen LogP contribution >= 0.6 is 11.8 Å². The molecular formula is C22H24N2O3S. The number of benzene rings is 2. The number of carbonyl (C=O) groups excluding carboxylic acids is 1. The van der Waals surface area contributed by atoms with Crippen molar-refractivity contribution in [2.45, 2.75) is 13.3 Å². The van der Waals surface area contributed by atoms with E-state index >= 15 is 0 Å². The molecular weight excluding hydrogens is 372 g/mol. The van der Waals surface area contributed by atoms with Crippen molar-refractivity contribution >= 4 is 34.6 Å². The summed E-state index contributed by atoms with van der Waals surface area (Å²) in [6, 6.07) is 13.4. The van der Waals surface area contributed by atoms with E-state index in [0.29, 0.717) is 17.5 Å². The van der Waals surface area contributed by atoms with Crippen molar-refractivity contribution in [3.63, 3.8) is 0 Å². The van der Waals surface area contributed by atoms with Gasteiger partial charge in [-0.3, -0.25) is 9.69 Å². The van der Waals surface area contributed by atoms with E-state index in [1.807, 2.05) is 49.4 Å². The van der Waals surface area contributed by atoms with Gasteiger partial charge in [-0.05, 0) is 54.8 Å². The first-order chi connectivity index (χ1) is 13.6. The molecule has 1 fully saturated rings. The Kier molecular flexibility index (Phi) is 6.76. The zero-order chi connectivity index (χ0) is 19.9. The van der Waals surface area contributed by atoms with Crippen LogP contribution in [0.3, 0.4) is 0 Å². The molecule has 1 amide bonds. The van der Waals surface area contributed by atoms with E-state index in [1.165, 1.54) is 0 Å². The Balaban J connectivity index is 1.83. The van der Waals surface area contributed by atoms with E-state index in [4.69, 9.17) is 14.5 Å². The second kappa shape index (κ2) is 9.46. The minimum atomic E-state index is -0.0830. The van der Waals surface area contributed by atoms with Crippen molar-refractivity contribution < 1.29 is 14.3 Å². The molecule has 5 nitrogen and oxygen atoms in total. The zero-order valence-corrected chi connectivity index (χ0v) is 17.2. The van der Waals surface area contributed by atoms with Gasteiger partial charge in [-0.25, -0.2) is 4.99 Å². The Bertz CT molecular complexity index is 908. The number of thioether (sulfide) groups is 1. The number of methoxy groups -OCH3 is 2. The fourth-order valence-electron chi connectivity index (χ4n) is 2.85. The average Bonchev–Trinajstić information content (AvgIpc) is 2.73. The van der Waals surface area contributed by atoms with Gasteiger partial charge in [0, 0.05) is 18.4 Å². The Morgan fingerprint density at radius 1 is 1.18 bits per heavy atom. The summed E-state index contributed by atoms with van der Waals surface area (Å²) in [5.41, 5.74) is 2.74. The quantitative estimate of drug-likeness (QED) is 0.689. The predicted molar refractivity (Wildman–Crippen MR) is 116 cm³/mol. The number of ether oxygens (including phenoxy) is 2. The minimum absolute atomic E-state index is 0.0830. The molecule has 6 heteroatoms. The first-order valence-corrected chi connectivity index (χ1v) is 10.1. The fourth-order valence-corrected chi connectivity index (χ4v) is 3.81. The highest BCUT2D eigenvalue weighted by atomic mass is 32.2. The maximum atomic E-state index is 12.8. The van der Waals surface area contributed by atoms with Crippen molar-refractivity contribution in [3.05, 3.63) is 59.7 Å². The molecule has 1 saturated heterocycles. The fraction of sp³-hybridized carbons (Fsp3) is 0.273. The standard InChI is InChI=1S/C22H24N2O3S/c1-16-8-10-20(27-3)19(14-16)23-22-24(12-5-13-28-22)21(25)11-9-17-6-4-7-18(15-17)26-2/h4,6-11,14-15H,5,12-13H2,1-3H3/b11-9+,23-22?. The summed E-state index contributed by atoms with van der Waals surface area (Å²) in [4.78, 5) is 19.3. The first-order valence-electron chi connectivity index (χ1n) is 9.10. The molecule has 0 aliphatic carbocycles.